The molecule has 1 N–H and O–H groups in total. The summed E-state index contributed by atoms with van der Waals surface area (Å²) in [5, 5.41) is 2.78. The van der Waals surface area contributed by atoms with Crippen LogP contribution in [0.5, 0.6) is 0 Å². The van der Waals surface area contributed by atoms with Gasteiger partial charge >= 0.3 is 5.97 Å². The first-order valence-electron chi connectivity index (χ1n) is 4.59. The lowest BCUT2D eigenvalue weighted by molar-refractivity contribution is -0.136. The highest BCUT2D eigenvalue weighted by Crippen LogP contribution is 2.18. The molecule has 0 radical (unpaired) electrons. The van der Waals surface area contributed by atoms with Gasteiger partial charge in [0.2, 0.25) is 5.91 Å². The molecule has 0 bridgehead atoms. The van der Waals surface area contributed by atoms with Crippen molar-refractivity contribution >= 4 is 17.7 Å². The first kappa shape index (κ1) is 9.64. The number of carbonyl (C=O) groups is 2. The van der Waals surface area contributed by atoms with Crippen LogP contribution in [0.1, 0.15) is 12.8 Å². The van der Waals surface area contributed by atoms with Gasteiger partial charge < -0.3 is 10.1 Å². The van der Waals surface area contributed by atoms with Crippen LogP contribution in [0, 0.1) is 0 Å². The van der Waals surface area contributed by atoms with Crippen LogP contribution >= 0.6 is 0 Å². The van der Waals surface area contributed by atoms with Crippen LogP contribution in [-0.4, -0.2) is 24.8 Å². The Labute approximate surface area is 86.5 Å². The summed E-state index contributed by atoms with van der Waals surface area (Å²) in [4.78, 5) is 26.1. The Morgan fingerprint density at radius 1 is 1.47 bits per heavy atom. The number of dihydropyridines is 1. The van der Waals surface area contributed by atoms with Crippen LogP contribution in [0.3, 0.4) is 0 Å². The van der Waals surface area contributed by atoms with Gasteiger partial charge in [0.25, 0.3) is 0 Å². The molecule has 1 amide bonds. The zero-order valence-electron chi connectivity index (χ0n) is 8.24. The van der Waals surface area contributed by atoms with E-state index in [4.69, 9.17) is 0 Å². The van der Waals surface area contributed by atoms with Crippen molar-refractivity contribution in [3.8, 4) is 0 Å². The molecule has 0 aliphatic carbocycles. The van der Waals surface area contributed by atoms with E-state index in [1.807, 2.05) is 0 Å². The topological polar surface area (TPSA) is 67.8 Å². The summed E-state index contributed by atoms with van der Waals surface area (Å²) >= 11 is 0. The minimum absolute atomic E-state index is 0.166. The van der Waals surface area contributed by atoms with Crippen LogP contribution in [0.25, 0.3) is 0 Å². The number of nitrogens with one attached hydrogen (secondary N) is 1. The second-order valence-electron chi connectivity index (χ2n) is 3.24. The Morgan fingerprint density at radius 2 is 2.27 bits per heavy atom. The minimum Gasteiger partial charge on any atom is -0.464 e. The van der Waals surface area contributed by atoms with Crippen molar-refractivity contribution in [1.82, 2.24) is 5.32 Å². The van der Waals surface area contributed by atoms with E-state index in [1.165, 1.54) is 7.11 Å². The highest BCUT2D eigenvalue weighted by molar-refractivity contribution is 6.11. The number of hydrogen-bond acceptors (Lipinski definition) is 4. The highest BCUT2D eigenvalue weighted by atomic mass is 16.5. The smallest absolute Gasteiger partial charge is 0.354 e. The molecule has 15 heavy (non-hydrogen) atoms. The first-order chi connectivity index (χ1) is 7.20. The number of allylic oxidation sites excluding steroid dienone is 2. The van der Waals surface area contributed by atoms with Gasteiger partial charge in [-0.1, -0.05) is 6.08 Å². The third-order valence-corrected chi connectivity index (χ3v) is 2.26. The maximum atomic E-state index is 11.2. The van der Waals surface area contributed by atoms with Crippen molar-refractivity contribution in [1.29, 1.82) is 0 Å². The number of rotatable bonds is 1. The fourth-order valence-corrected chi connectivity index (χ4v) is 1.47. The van der Waals surface area contributed by atoms with Gasteiger partial charge in [0.1, 0.15) is 11.5 Å². The number of hydrogen-bond donors (Lipinski definition) is 1. The maximum Gasteiger partial charge on any atom is 0.354 e. The molecule has 5 heteroatoms. The molecular weight excluding hydrogens is 196 g/mol. The molecular formula is C10H10N2O3. The molecule has 0 aromatic carbocycles. The lowest BCUT2D eigenvalue weighted by Gasteiger charge is -2.20. The molecule has 0 saturated carbocycles. The number of fused-ring (bicyclic) bond motifs is 1. The Bertz CT molecular complexity index is 418. The molecule has 2 aliphatic heterocycles. The Kier molecular flexibility index (Phi) is 2.37. The van der Waals surface area contributed by atoms with Crippen LogP contribution in [0.4, 0.5) is 0 Å². The van der Waals surface area contributed by atoms with Crippen LogP contribution in [0.15, 0.2) is 28.4 Å². The van der Waals surface area contributed by atoms with E-state index < -0.39 is 5.97 Å². The van der Waals surface area contributed by atoms with Crippen LogP contribution < -0.4 is 5.32 Å². The molecule has 2 aliphatic rings. The normalized spacial score (nSPS) is 19.3. The Balaban J connectivity index is 2.28. The van der Waals surface area contributed by atoms with Gasteiger partial charge in [-0.05, 0) is 18.1 Å². The summed E-state index contributed by atoms with van der Waals surface area (Å²) in [5.41, 5.74) is 1.25. The fourth-order valence-electron chi connectivity index (χ4n) is 1.47. The summed E-state index contributed by atoms with van der Waals surface area (Å²) in [7, 11) is 1.30. The zero-order chi connectivity index (χ0) is 10.8. The highest BCUT2D eigenvalue weighted by Gasteiger charge is 2.22. The van der Waals surface area contributed by atoms with Gasteiger partial charge in [-0.3, -0.25) is 4.79 Å². The third-order valence-electron chi connectivity index (χ3n) is 2.26. The van der Waals surface area contributed by atoms with E-state index >= 15 is 0 Å². The van der Waals surface area contributed by atoms with Gasteiger partial charge in [-0.2, -0.15) is 4.99 Å². The summed E-state index contributed by atoms with van der Waals surface area (Å²) in [5.74, 6) is -0.166. The maximum absolute atomic E-state index is 11.2. The van der Waals surface area contributed by atoms with Crippen molar-refractivity contribution in [3.05, 3.63) is 23.4 Å². The molecule has 0 aromatic rings. The van der Waals surface area contributed by atoms with E-state index in [1.54, 1.807) is 12.2 Å². The van der Waals surface area contributed by atoms with Gasteiger partial charge in [-0.25, -0.2) is 4.79 Å². The number of nitrogens with zero attached hydrogens (tertiary/aromatic N) is 1. The molecule has 2 rings (SSSR count). The number of methoxy groups -OCH3 is 1. The Morgan fingerprint density at radius 3 is 3.00 bits per heavy atom. The minimum atomic E-state index is -0.467. The predicted molar refractivity (Wildman–Crippen MR) is 53.0 cm³/mol. The van der Waals surface area contributed by atoms with Gasteiger partial charge in [0.05, 0.1) is 7.11 Å². The summed E-state index contributed by atoms with van der Waals surface area (Å²) in [6.45, 7) is 0. The number of ether oxygens (including phenoxy) is 1. The second kappa shape index (κ2) is 3.68. The molecule has 2 heterocycles. The Hall–Kier alpha value is -1.91. The molecule has 0 saturated heterocycles. The quantitative estimate of drug-likeness (QED) is 0.626. The largest absolute Gasteiger partial charge is 0.464 e. The van der Waals surface area contributed by atoms with E-state index in [0.717, 1.165) is 5.57 Å². The molecule has 5 nitrogen and oxygen atoms in total. The van der Waals surface area contributed by atoms with E-state index in [-0.39, 0.29) is 5.91 Å². The SMILES string of the molecule is COC(=O)C1=CC=C2CCC(=O)N=C2N1. The van der Waals surface area contributed by atoms with Gasteiger partial charge in [0, 0.05) is 6.42 Å². The van der Waals surface area contributed by atoms with Gasteiger partial charge in [-0.15, -0.1) is 0 Å². The molecule has 0 aromatic heterocycles. The van der Waals surface area contributed by atoms with Crippen molar-refractivity contribution < 1.29 is 14.3 Å². The lowest BCUT2D eigenvalue weighted by Crippen LogP contribution is -2.34. The van der Waals surface area contributed by atoms with Gasteiger partial charge in [0.15, 0.2) is 0 Å². The number of aliphatic imine (C=N–C) groups is 1. The van der Waals surface area contributed by atoms with Crippen molar-refractivity contribution in [3.63, 3.8) is 0 Å². The molecule has 0 unspecified atom stereocenters. The van der Waals surface area contributed by atoms with Crippen molar-refractivity contribution in [2.24, 2.45) is 4.99 Å². The monoisotopic (exact) mass is 206 g/mol. The van der Waals surface area contributed by atoms with Crippen molar-refractivity contribution in [2.45, 2.75) is 12.8 Å². The van der Waals surface area contributed by atoms with E-state index in [0.29, 0.717) is 24.4 Å². The average Bonchev–Trinajstić information content (AvgIpc) is 2.27. The zero-order valence-corrected chi connectivity index (χ0v) is 8.24. The average molecular weight is 206 g/mol. The number of amidine groups is 1. The molecule has 0 spiro atoms. The summed E-state index contributed by atoms with van der Waals surface area (Å²) in [6, 6.07) is 0. The summed E-state index contributed by atoms with van der Waals surface area (Å²) < 4.78 is 4.56. The van der Waals surface area contributed by atoms with Crippen LogP contribution in [-0.2, 0) is 14.3 Å². The second-order valence-corrected chi connectivity index (χ2v) is 3.24. The molecule has 0 fully saturated rings. The standard InChI is InChI=1S/C10H10N2O3/c1-15-10(14)7-4-2-6-3-5-8(13)12-9(6)11-7/h2,4H,3,5H2,1H3,(H,11,12,13). The number of esters is 1. The van der Waals surface area contributed by atoms with E-state index in [9.17, 15) is 9.59 Å². The third kappa shape index (κ3) is 1.81. The van der Waals surface area contributed by atoms with Crippen molar-refractivity contribution in [2.75, 3.05) is 7.11 Å². The first-order valence-corrected chi connectivity index (χ1v) is 4.59. The fraction of sp³-hybridized carbons (Fsp3) is 0.300. The summed E-state index contributed by atoms with van der Waals surface area (Å²) in [6.07, 6.45) is 4.51. The molecule has 78 valence electrons. The molecule has 0 atom stereocenters. The van der Waals surface area contributed by atoms with Crippen LogP contribution in [0.2, 0.25) is 0 Å². The predicted octanol–water partition coefficient (Wildman–Crippen LogP) is 0.292. The van der Waals surface area contributed by atoms with E-state index in [2.05, 4.69) is 15.0 Å². The number of amides is 1. The lowest BCUT2D eigenvalue weighted by atomic mass is 10.0. The number of carbonyl (C=O) groups excluding carboxylic acids is 2.